The number of aryl methyl sites for hydroxylation is 1. The summed E-state index contributed by atoms with van der Waals surface area (Å²) in [6.07, 6.45) is 5.22. The fourth-order valence-electron chi connectivity index (χ4n) is 4.28. The van der Waals surface area contributed by atoms with Gasteiger partial charge in [0.25, 0.3) is 5.91 Å². The van der Waals surface area contributed by atoms with Crippen LogP contribution >= 0.6 is 0 Å². The van der Waals surface area contributed by atoms with Crippen LogP contribution in [0.25, 0.3) is 0 Å². The normalized spacial score (nSPS) is 17.9. The van der Waals surface area contributed by atoms with E-state index in [1.807, 2.05) is 12.1 Å². The number of hydrogen-bond donors (Lipinski definition) is 1. The Labute approximate surface area is 189 Å². The van der Waals surface area contributed by atoms with E-state index in [4.69, 9.17) is 0 Å². The number of hydrogen-bond acceptors (Lipinski definition) is 4. The van der Waals surface area contributed by atoms with Crippen LogP contribution in [0.5, 0.6) is 0 Å². The molecule has 2 heterocycles. The second-order valence-electron chi connectivity index (χ2n) is 8.44. The summed E-state index contributed by atoms with van der Waals surface area (Å²) < 4.78 is 27.8. The molecule has 0 radical (unpaired) electrons. The molecule has 0 spiro atoms. The van der Waals surface area contributed by atoms with E-state index in [0.717, 1.165) is 37.8 Å². The molecule has 170 valence electrons. The fraction of sp³-hybridized carbons (Fsp3) is 0.417. The van der Waals surface area contributed by atoms with E-state index in [9.17, 15) is 18.0 Å². The lowest BCUT2D eigenvalue weighted by molar-refractivity contribution is -0.117. The van der Waals surface area contributed by atoms with Gasteiger partial charge in [0.1, 0.15) is 0 Å². The molecule has 32 heavy (non-hydrogen) atoms. The molecule has 1 N–H and O–H groups in total. The van der Waals surface area contributed by atoms with Crippen LogP contribution in [0.15, 0.2) is 47.4 Å². The number of nitrogens with one attached hydrogen (secondary N) is 1. The maximum absolute atomic E-state index is 13.1. The molecular formula is C24H29N3O4S. The molecule has 2 aliphatic heterocycles. The van der Waals surface area contributed by atoms with Crippen molar-refractivity contribution in [1.29, 1.82) is 0 Å². The molecule has 0 aromatic heterocycles. The predicted octanol–water partition coefficient (Wildman–Crippen LogP) is 3.94. The van der Waals surface area contributed by atoms with Crippen LogP contribution in [0.4, 0.5) is 11.4 Å². The molecule has 2 amide bonds. The van der Waals surface area contributed by atoms with Crippen LogP contribution in [-0.2, 0) is 14.8 Å². The molecule has 2 aliphatic rings. The first-order valence-electron chi connectivity index (χ1n) is 11.2. The highest BCUT2D eigenvalue weighted by molar-refractivity contribution is 7.89. The zero-order valence-corrected chi connectivity index (χ0v) is 19.2. The molecule has 2 fully saturated rings. The quantitative estimate of drug-likeness (QED) is 0.740. The van der Waals surface area contributed by atoms with Crippen LogP contribution in [0, 0.1) is 6.92 Å². The minimum Gasteiger partial charge on any atom is -0.322 e. The largest absolute Gasteiger partial charge is 0.322 e. The number of benzene rings is 2. The first-order valence-corrected chi connectivity index (χ1v) is 12.6. The maximum atomic E-state index is 13.1. The van der Waals surface area contributed by atoms with Crippen molar-refractivity contribution in [2.75, 3.05) is 29.9 Å². The lowest BCUT2D eigenvalue weighted by Gasteiger charge is -2.20. The lowest BCUT2D eigenvalue weighted by Crippen LogP contribution is -2.32. The molecule has 0 bridgehead atoms. The van der Waals surface area contributed by atoms with E-state index in [-0.39, 0.29) is 16.7 Å². The average Bonchev–Trinajstić information content (AvgIpc) is 3.02. The molecule has 0 saturated carbocycles. The number of anilines is 2. The van der Waals surface area contributed by atoms with E-state index in [0.29, 0.717) is 42.9 Å². The topological polar surface area (TPSA) is 86.8 Å². The first-order chi connectivity index (χ1) is 15.4. The number of sulfonamides is 1. The van der Waals surface area contributed by atoms with Crippen LogP contribution < -0.4 is 10.2 Å². The summed E-state index contributed by atoms with van der Waals surface area (Å²) >= 11 is 0. The Morgan fingerprint density at radius 1 is 0.906 bits per heavy atom. The average molecular weight is 456 g/mol. The van der Waals surface area contributed by atoms with Gasteiger partial charge in [-0.25, -0.2) is 8.42 Å². The zero-order valence-electron chi connectivity index (χ0n) is 18.3. The summed E-state index contributed by atoms with van der Waals surface area (Å²) in [5, 5.41) is 2.85. The van der Waals surface area contributed by atoms with Gasteiger partial charge in [0.2, 0.25) is 15.9 Å². The smallest absolute Gasteiger partial charge is 0.255 e. The fourth-order valence-corrected chi connectivity index (χ4v) is 5.83. The summed E-state index contributed by atoms with van der Waals surface area (Å²) in [7, 11) is -3.64. The number of carbonyl (C=O) groups excluding carboxylic acids is 2. The zero-order chi connectivity index (χ0) is 22.7. The summed E-state index contributed by atoms with van der Waals surface area (Å²) in [5.74, 6) is -0.250. The number of nitrogens with zero attached hydrogens (tertiary/aromatic N) is 2. The van der Waals surface area contributed by atoms with Gasteiger partial charge < -0.3 is 10.2 Å². The number of carbonyl (C=O) groups is 2. The summed E-state index contributed by atoms with van der Waals surface area (Å²) in [4.78, 5) is 26.8. The molecule has 2 saturated heterocycles. The molecule has 2 aromatic carbocycles. The van der Waals surface area contributed by atoms with Gasteiger partial charge in [-0.1, -0.05) is 18.9 Å². The Kier molecular flexibility index (Phi) is 6.62. The third-order valence-corrected chi connectivity index (χ3v) is 8.06. The SMILES string of the molecule is Cc1ccc(S(=O)(=O)N2CCCCCC2)cc1C(=O)Nc1ccc(N2CCCC2=O)cc1. The standard InChI is InChI=1S/C24H29N3O4S/c1-18-8-13-21(32(30,31)26-14-4-2-3-5-15-26)17-22(18)24(29)25-19-9-11-20(12-10-19)27-16-6-7-23(27)28/h8-13,17H,2-7,14-16H2,1H3,(H,25,29). The van der Waals surface area contributed by atoms with Gasteiger partial charge >= 0.3 is 0 Å². The Bertz CT molecular complexity index is 1100. The molecule has 7 nitrogen and oxygen atoms in total. The first kappa shape index (κ1) is 22.5. The van der Waals surface area contributed by atoms with Gasteiger partial charge in [0, 0.05) is 43.0 Å². The van der Waals surface area contributed by atoms with Crippen LogP contribution in [0.3, 0.4) is 0 Å². The predicted molar refractivity (Wildman–Crippen MR) is 124 cm³/mol. The van der Waals surface area contributed by atoms with Gasteiger partial charge in [-0.15, -0.1) is 0 Å². The highest BCUT2D eigenvalue weighted by atomic mass is 32.2. The van der Waals surface area contributed by atoms with Crippen molar-refractivity contribution in [2.45, 2.75) is 50.3 Å². The van der Waals surface area contributed by atoms with Crippen LogP contribution in [0.1, 0.15) is 54.4 Å². The van der Waals surface area contributed by atoms with E-state index < -0.39 is 10.0 Å². The van der Waals surface area contributed by atoms with Crippen molar-refractivity contribution in [3.8, 4) is 0 Å². The van der Waals surface area contributed by atoms with E-state index >= 15 is 0 Å². The molecule has 4 rings (SSSR count). The van der Waals surface area contributed by atoms with Gasteiger partial charge in [0.05, 0.1) is 4.90 Å². The lowest BCUT2D eigenvalue weighted by atomic mass is 10.1. The monoisotopic (exact) mass is 455 g/mol. The van der Waals surface area contributed by atoms with Crippen molar-refractivity contribution in [3.63, 3.8) is 0 Å². The van der Waals surface area contributed by atoms with Gasteiger partial charge in [-0.3, -0.25) is 9.59 Å². The highest BCUT2D eigenvalue weighted by Crippen LogP contribution is 2.25. The molecule has 2 aromatic rings. The van der Waals surface area contributed by atoms with Crippen molar-refractivity contribution in [1.82, 2.24) is 4.31 Å². The molecule has 0 unspecified atom stereocenters. The maximum Gasteiger partial charge on any atom is 0.255 e. The van der Waals surface area contributed by atoms with E-state index in [1.54, 1.807) is 36.1 Å². The Morgan fingerprint density at radius 3 is 2.22 bits per heavy atom. The Balaban J connectivity index is 1.52. The van der Waals surface area contributed by atoms with Gasteiger partial charge in [0.15, 0.2) is 0 Å². The number of rotatable bonds is 5. The van der Waals surface area contributed by atoms with Crippen molar-refractivity contribution in [3.05, 3.63) is 53.6 Å². The molecule has 0 aliphatic carbocycles. The summed E-state index contributed by atoms with van der Waals surface area (Å²) in [5.41, 5.74) is 2.44. The number of amides is 2. The minimum absolute atomic E-state index is 0.111. The molecule has 8 heteroatoms. The van der Waals surface area contributed by atoms with Crippen molar-refractivity contribution in [2.24, 2.45) is 0 Å². The third kappa shape index (κ3) is 4.71. The Hall–Kier alpha value is -2.71. The Morgan fingerprint density at radius 2 is 1.59 bits per heavy atom. The highest BCUT2D eigenvalue weighted by Gasteiger charge is 2.26. The third-order valence-electron chi connectivity index (χ3n) is 6.17. The summed E-state index contributed by atoms with van der Waals surface area (Å²) in [6.45, 7) is 3.54. The van der Waals surface area contributed by atoms with Gasteiger partial charge in [-0.05, 0) is 68.1 Å². The molecule has 0 atom stereocenters. The van der Waals surface area contributed by atoms with Crippen molar-refractivity contribution >= 4 is 33.2 Å². The van der Waals surface area contributed by atoms with Crippen LogP contribution in [-0.4, -0.2) is 44.2 Å². The van der Waals surface area contributed by atoms with Crippen LogP contribution in [0.2, 0.25) is 0 Å². The van der Waals surface area contributed by atoms with Crippen molar-refractivity contribution < 1.29 is 18.0 Å². The second-order valence-corrected chi connectivity index (χ2v) is 10.4. The second kappa shape index (κ2) is 9.42. The molecular weight excluding hydrogens is 426 g/mol. The van der Waals surface area contributed by atoms with E-state index in [2.05, 4.69) is 5.32 Å². The van der Waals surface area contributed by atoms with E-state index in [1.165, 1.54) is 10.4 Å². The summed E-state index contributed by atoms with van der Waals surface area (Å²) in [6, 6.07) is 11.9. The minimum atomic E-state index is -3.64. The van der Waals surface area contributed by atoms with Gasteiger partial charge in [-0.2, -0.15) is 4.31 Å².